The van der Waals surface area contributed by atoms with E-state index < -0.39 is 28.6 Å². The maximum Gasteiger partial charge on any atom is 0.393 e. The van der Waals surface area contributed by atoms with Crippen LogP contribution in [-0.4, -0.2) is 25.7 Å². The predicted molar refractivity (Wildman–Crippen MR) is 128 cm³/mol. The maximum absolute atomic E-state index is 12.8. The molecule has 4 rings (SSSR count). The summed E-state index contributed by atoms with van der Waals surface area (Å²) in [5.41, 5.74) is 1.59. The highest BCUT2D eigenvalue weighted by molar-refractivity contribution is 7.92. The van der Waals surface area contributed by atoms with Crippen molar-refractivity contribution < 1.29 is 31.5 Å². The highest BCUT2D eigenvalue weighted by atomic mass is 35.5. The lowest BCUT2D eigenvalue weighted by atomic mass is 10.00. The van der Waals surface area contributed by atoms with Crippen LogP contribution in [0, 0.1) is 0 Å². The number of carboxylic acids is 1. The second-order valence-corrected chi connectivity index (χ2v) is 9.91. The molecule has 0 bridgehead atoms. The molecule has 0 aromatic heterocycles. The van der Waals surface area contributed by atoms with Crippen LogP contribution >= 0.6 is 11.6 Å². The van der Waals surface area contributed by atoms with Gasteiger partial charge in [-0.2, -0.15) is 13.2 Å². The van der Waals surface area contributed by atoms with Gasteiger partial charge in [-0.15, -0.1) is 0 Å². The van der Waals surface area contributed by atoms with Crippen LogP contribution in [0.5, 0.6) is 0 Å². The Bertz CT molecular complexity index is 1540. The van der Waals surface area contributed by atoms with E-state index in [2.05, 4.69) is 4.72 Å². The molecule has 0 heterocycles. The van der Waals surface area contributed by atoms with E-state index in [4.69, 9.17) is 16.7 Å². The fraction of sp³-hybridized carbons (Fsp3) is 0.0800. The molecule has 10 heteroatoms. The van der Waals surface area contributed by atoms with Crippen molar-refractivity contribution in [2.45, 2.75) is 17.5 Å². The van der Waals surface area contributed by atoms with E-state index in [1.54, 1.807) is 30.3 Å². The lowest BCUT2D eigenvalue weighted by Gasteiger charge is -2.12. The van der Waals surface area contributed by atoms with E-state index in [1.165, 1.54) is 42.5 Å². The average Bonchev–Trinajstić information content (AvgIpc) is 2.78. The largest absolute Gasteiger partial charge is 0.478 e. The second kappa shape index (κ2) is 9.24. The van der Waals surface area contributed by atoms with Gasteiger partial charge in [-0.1, -0.05) is 48.0 Å². The molecule has 0 amide bonds. The summed E-state index contributed by atoms with van der Waals surface area (Å²) in [4.78, 5) is 11.0. The molecule has 0 spiro atoms. The Balaban J connectivity index is 1.57. The topological polar surface area (TPSA) is 83.5 Å². The molecule has 4 aromatic carbocycles. The number of anilines is 1. The zero-order chi connectivity index (χ0) is 25.4. The minimum Gasteiger partial charge on any atom is -0.478 e. The number of fused-ring (bicyclic) bond motifs is 1. The lowest BCUT2D eigenvalue weighted by molar-refractivity contribution is -0.127. The molecule has 0 fully saturated rings. The summed E-state index contributed by atoms with van der Waals surface area (Å²) in [7, 11) is -4.04. The van der Waals surface area contributed by atoms with Crippen LogP contribution in [0.4, 0.5) is 18.9 Å². The van der Waals surface area contributed by atoms with Gasteiger partial charge in [0.1, 0.15) is 0 Å². The highest BCUT2D eigenvalue weighted by Crippen LogP contribution is 2.33. The van der Waals surface area contributed by atoms with E-state index in [0.717, 1.165) is 10.8 Å². The number of rotatable bonds is 6. The first-order valence-electron chi connectivity index (χ1n) is 10.2. The highest BCUT2D eigenvalue weighted by Gasteiger charge is 2.27. The van der Waals surface area contributed by atoms with Gasteiger partial charge in [-0.05, 0) is 64.4 Å². The van der Waals surface area contributed by atoms with Crippen molar-refractivity contribution in [2.24, 2.45) is 0 Å². The molecule has 2 N–H and O–H groups in total. The molecule has 0 aliphatic rings. The third kappa shape index (κ3) is 5.75. The van der Waals surface area contributed by atoms with Crippen molar-refractivity contribution in [3.63, 3.8) is 0 Å². The molecule has 0 unspecified atom stereocenters. The van der Waals surface area contributed by atoms with Crippen molar-refractivity contribution in [1.82, 2.24) is 0 Å². The summed E-state index contributed by atoms with van der Waals surface area (Å²) in [5, 5.41) is 10.8. The van der Waals surface area contributed by atoms with Gasteiger partial charge in [-0.25, -0.2) is 13.2 Å². The average molecular weight is 520 g/mol. The van der Waals surface area contributed by atoms with Gasteiger partial charge in [0, 0.05) is 16.3 Å². The zero-order valence-electron chi connectivity index (χ0n) is 17.8. The monoisotopic (exact) mass is 519 g/mol. The van der Waals surface area contributed by atoms with Crippen LogP contribution in [-0.2, 0) is 16.4 Å². The van der Waals surface area contributed by atoms with Gasteiger partial charge in [-0.3, -0.25) is 4.72 Å². The number of alkyl halides is 3. The summed E-state index contributed by atoms with van der Waals surface area (Å²) in [6, 6.07) is 19.2. The van der Waals surface area contributed by atoms with E-state index in [1.807, 2.05) is 6.07 Å². The van der Waals surface area contributed by atoms with E-state index in [9.17, 15) is 26.4 Å². The third-order valence-corrected chi connectivity index (χ3v) is 6.95. The van der Waals surface area contributed by atoms with E-state index in [-0.39, 0.29) is 26.7 Å². The van der Waals surface area contributed by atoms with E-state index >= 15 is 0 Å². The Kier molecular flexibility index (Phi) is 6.48. The van der Waals surface area contributed by atoms with Crippen LogP contribution < -0.4 is 4.72 Å². The Morgan fingerprint density at radius 3 is 2.17 bits per heavy atom. The van der Waals surface area contributed by atoms with Crippen LogP contribution in [0.1, 0.15) is 15.9 Å². The molecular formula is C25H17ClF3NO4S. The quantitative estimate of drug-likeness (QED) is 0.295. The Hall–Kier alpha value is -3.56. The Morgan fingerprint density at radius 1 is 0.886 bits per heavy atom. The summed E-state index contributed by atoms with van der Waals surface area (Å²) in [6.45, 7) is 0. The molecule has 4 aromatic rings. The Morgan fingerprint density at radius 2 is 1.54 bits per heavy atom. The van der Waals surface area contributed by atoms with Crippen LogP contribution in [0.25, 0.3) is 21.9 Å². The molecule has 0 radical (unpaired) electrons. The molecule has 5 nitrogen and oxygen atoms in total. The van der Waals surface area contributed by atoms with Crippen LogP contribution in [0.15, 0.2) is 83.8 Å². The minimum absolute atomic E-state index is 0.0161. The van der Waals surface area contributed by atoms with Crippen molar-refractivity contribution in [2.75, 3.05) is 4.72 Å². The zero-order valence-corrected chi connectivity index (χ0v) is 19.4. The first-order chi connectivity index (χ1) is 16.4. The van der Waals surface area contributed by atoms with Crippen molar-refractivity contribution in [3.8, 4) is 11.1 Å². The number of nitrogens with one attached hydrogen (secondary N) is 1. The molecule has 0 atom stereocenters. The molecule has 0 aliphatic heterocycles. The first-order valence-corrected chi connectivity index (χ1v) is 12.0. The number of sulfonamides is 1. The number of hydrogen-bond acceptors (Lipinski definition) is 3. The van der Waals surface area contributed by atoms with Gasteiger partial charge in [0.05, 0.1) is 16.9 Å². The molecular weight excluding hydrogens is 503 g/mol. The SMILES string of the molecule is O=C(O)c1ccc2cc(-c3ccc(S(=O)(=O)Nc4ccc(CC(F)(F)F)cc4)cc3Cl)ccc2c1. The molecule has 35 heavy (non-hydrogen) atoms. The molecule has 0 saturated carbocycles. The minimum atomic E-state index is -4.36. The number of benzene rings is 4. The first kappa shape index (κ1) is 24.6. The van der Waals surface area contributed by atoms with Crippen LogP contribution in [0.2, 0.25) is 5.02 Å². The second-order valence-electron chi connectivity index (χ2n) is 7.82. The van der Waals surface area contributed by atoms with Crippen molar-refractivity contribution >= 4 is 44.1 Å². The summed E-state index contributed by atoms with van der Waals surface area (Å²) >= 11 is 6.40. The number of aromatic carboxylic acids is 1. The predicted octanol–water partition coefficient (Wildman–Crippen LogP) is 6.76. The number of carboxylic acid groups (broad SMARTS) is 1. The van der Waals surface area contributed by atoms with Gasteiger partial charge in [0.2, 0.25) is 0 Å². The molecule has 0 saturated heterocycles. The van der Waals surface area contributed by atoms with Gasteiger partial charge < -0.3 is 5.11 Å². The fourth-order valence-corrected chi connectivity index (χ4v) is 5.02. The number of carbonyl (C=O) groups is 1. The lowest BCUT2D eigenvalue weighted by Crippen LogP contribution is -2.14. The van der Waals surface area contributed by atoms with E-state index in [0.29, 0.717) is 11.1 Å². The number of hydrogen-bond donors (Lipinski definition) is 2. The summed E-state index contributed by atoms with van der Waals surface area (Å²) in [6.07, 6.45) is -5.46. The standard InChI is InChI=1S/C25H17ClF3NO4S/c26-23-13-21(35(33,34)30-20-7-1-15(2-8-20)14-25(27,28)29)9-10-22(23)18-5-3-17-12-19(24(31)32)6-4-16(17)11-18/h1-13,30H,14H2,(H,31,32). The maximum atomic E-state index is 12.8. The van der Waals surface area contributed by atoms with Gasteiger partial charge in [0.25, 0.3) is 10.0 Å². The Labute approximate surface area is 203 Å². The fourth-order valence-electron chi connectivity index (χ4n) is 3.58. The third-order valence-electron chi connectivity index (χ3n) is 5.26. The number of halogens is 4. The van der Waals surface area contributed by atoms with Gasteiger partial charge >= 0.3 is 12.1 Å². The molecule has 180 valence electrons. The summed E-state index contributed by atoms with van der Waals surface area (Å²) < 4.78 is 65.4. The van der Waals surface area contributed by atoms with Crippen molar-refractivity contribution in [1.29, 1.82) is 0 Å². The van der Waals surface area contributed by atoms with Crippen molar-refractivity contribution in [3.05, 3.63) is 95.0 Å². The summed E-state index contributed by atoms with van der Waals surface area (Å²) in [5.74, 6) is -1.03. The smallest absolute Gasteiger partial charge is 0.393 e. The molecule has 0 aliphatic carbocycles. The normalized spacial score (nSPS) is 12.0. The van der Waals surface area contributed by atoms with Gasteiger partial charge in [0.15, 0.2) is 0 Å². The van der Waals surface area contributed by atoms with Crippen LogP contribution in [0.3, 0.4) is 0 Å².